The number of benzene rings is 2. The molecule has 0 spiro atoms. The van der Waals surface area contributed by atoms with Crippen molar-refractivity contribution in [2.45, 2.75) is 13.8 Å². The van der Waals surface area contributed by atoms with Crippen molar-refractivity contribution in [1.29, 1.82) is 0 Å². The maximum absolute atomic E-state index is 12.9. The van der Waals surface area contributed by atoms with Crippen LogP contribution >= 0.6 is 31.9 Å². The second-order valence-electron chi connectivity index (χ2n) is 7.11. The second kappa shape index (κ2) is 12.3. The van der Waals surface area contributed by atoms with Gasteiger partial charge in [0.15, 0.2) is 4.67 Å². The van der Waals surface area contributed by atoms with E-state index in [0.717, 1.165) is 28.8 Å². The molecule has 0 aliphatic carbocycles. The minimum atomic E-state index is -0.571. The van der Waals surface area contributed by atoms with E-state index >= 15 is 0 Å². The summed E-state index contributed by atoms with van der Waals surface area (Å²) in [4.78, 5) is 27.8. The van der Waals surface area contributed by atoms with E-state index in [-0.39, 0.29) is 5.70 Å². The number of furan rings is 1. The highest BCUT2D eigenvalue weighted by Gasteiger charge is 2.14. The van der Waals surface area contributed by atoms with Crippen molar-refractivity contribution in [3.63, 3.8) is 0 Å². The van der Waals surface area contributed by atoms with Crippen LogP contribution in [-0.4, -0.2) is 31.1 Å². The van der Waals surface area contributed by atoms with E-state index in [9.17, 15) is 9.59 Å². The van der Waals surface area contributed by atoms with Crippen molar-refractivity contribution in [1.82, 2.24) is 10.7 Å². The highest BCUT2D eigenvalue weighted by Crippen LogP contribution is 2.25. The smallest absolute Gasteiger partial charge is 0.287 e. The number of carbonyl (C=O) groups is 2. The number of hydrogen-bond acceptors (Lipinski definition) is 5. The monoisotopic (exact) mass is 586 g/mol. The molecule has 0 atom stereocenters. The molecule has 2 N–H and O–H groups in total. The number of nitrogens with zero attached hydrogens (tertiary/aromatic N) is 2. The fourth-order valence-electron chi connectivity index (χ4n) is 3.12. The summed E-state index contributed by atoms with van der Waals surface area (Å²) in [5.41, 5.74) is 4.78. The van der Waals surface area contributed by atoms with Gasteiger partial charge in [0.1, 0.15) is 11.5 Å². The Hall–Kier alpha value is -3.17. The van der Waals surface area contributed by atoms with E-state index in [1.807, 2.05) is 30.3 Å². The van der Waals surface area contributed by atoms with Crippen molar-refractivity contribution in [2.75, 3.05) is 18.0 Å². The van der Waals surface area contributed by atoms with Crippen molar-refractivity contribution < 1.29 is 14.0 Å². The van der Waals surface area contributed by atoms with Crippen LogP contribution in [0.25, 0.3) is 6.08 Å². The lowest BCUT2D eigenvalue weighted by molar-refractivity contribution is -0.117. The minimum Gasteiger partial charge on any atom is -0.447 e. The molecule has 3 rings (SSSR count). The molecule has 0 saturated heterocycles. The summed E-state index contributed by atoms with van der Waals surface area (Å²) in [7, 11) is 0. The lowest BCUT2D eigenvalue weighted by Gasteiger charge is -2.20. The van der Waals surface area contributed by atoms with Gasteiger partial charge in [-0.25, -0.2) is 5.43 Å². The molecular formula is C25H24Br2N4O3. The summed E-state index contributed by atoms with van der Waals surface area (Å²) in [5, 5.41) is 6.63. The highest BCUT2D eigenvalue weighted by atomic mass is 79.9. The van der Waals surface area contributed by atoms with Crippen LogP contribution in [0.4, 0.5) is 5.69 Å². The van der Waals surface area contributed by atoms with E-state index in [2.05, 4.69) is 66.5 Å². The van der Waals surface area contributed by atoms with Crippen molar-refractivity contribution in [3.8, 4) is 0 Å². The predicted molar refractivity (Wildman–Crippen MR) is 142 cm³/mol. The van der Waals surface area contributed by atoms with Gasteiger partial charge >= 0.3 is 0 Å². The Labute approximate surface area is 215 Å². The van der Waals surface area contributed by atoms with Crippen LogP contribution in [0.15, 0.2) is 85.0 Å². The SMILES string of the molecule is CCN(CC)c1ccc(/C=C(/NC(=O)c2ccccc2)C(=O)N/N=C\c2cc(Br)c(Br)o2)cc1. The molecule has 3 aromatic rings. The minimum absolute atomic E-state index is 0.0587. The molecule has 0 aliphatic heterocycles. The largest absolute Gasteiger partial charge is 0.447 e. The Morgan fingerprint density at radius 3 is 2.29 bits per heavy atom. The molecule has 0 radical (unpaired) electrons. The van der Waals surface area contributed by atoms with Gasteiger partial charge in [0, 0.05) is 30.4 Å². The van der Waals surface area contributed by atoms with Gasteiger partial charge in [-0.05, 0) is 81.6 Å². The van der Waals surface area contributed by atoms with Gasteiger partial charge in [0.2, 0.25) is 0 Å². The number of hydrogen-bond donors (Lipinski definition) is 2. The van der Waals surface area contributed by atoms with Crippen LogP contribution in [0, 0.1) is 0 Å². The molecule has 0 unspecified atom stereocenters. The first-order valence-electron chi connectivity index (χ1n) is 10.6. The number of carbonyl (C=O) groups excluding carboxylic acids is 2. The maximum atomic E-state index is 12.9. The third-order valence-electron chi connectivity index (χ3n) is 4.88. The first kappa shape index (κ1) is 25.5. The molecule has 2 amide bonds. The topological polar surface area (TPSA) is 86.9 Å². The maximum Gasteiger partial charge on any atom is 0.287 e. The summed E-state index contributed by atoms with van der Waals surface area (Å²) < 4.78 is 6.65. The molecule has 0 saturated carbocycles. The third kappa shape index (κ3) is 6.91. The number of amides is 2. The quantitative estimate of drug-likeness (QED) is 0.195. The van der Waals surface area contributed by atoms with Crippen molar-refractivity contribution in [2.24, 2.45) is 5.10 Å². The average Bonchev–Trinajstić information content (AvgIpc) is 3.17. The van der Waals surface area contributed by atoms with Crippen LogP contribution < -0.4 is 15.6 Å². The molecule has 1 heterocycles. The molecule has 0 aliphatic rings. The molecule has 2 aromatic carbocycles. The van der Waals surface area contributed by atoms with Crippen LogP contribution in [0.2, 0.25) is 0 Å². The van der Waals surface area contributed by atoms with Gasteiger partial charge in [-0.15, -0.1) is 0 Å². The first-order valence-corrected chi connectivity index (χ1v) is 12.2. The lowest BCUT2D eigenvalue weighted by atomic mass is 10.1. The molecule has 0 bridgehead atoms. The summed E-state index contributed by atoms with van der Waals surface area (Å²) in [6.45, 7) is 5.99. The Morgan fingerprint density at radius 1 is 1.03 bits per heavy atom. The number of rotatable bonds is 9. The molecule has 9 heteroatoms. The Kier molecular flexibility index (Phi) is 9.24. The van der Waals surface area contributed by atoms with Gasteiger partial charge in [0.25, 0.3) is 11.8 Å². The molecule has 34 heavy (non-hydrogen) atoms. The van der Waals surface area contributed by atoms with Crippen LogP contribution in [0.3, 0.4) is 0 Å². The average molecular weight is 588 g/mol. The van der Waals surface area contributed by atoms with E-state index in [4.69, 9.17) is 4.42 Å². The number of halogens is 2. The predicted octanol–water partition coefficient (Wildman–Crippen LogP) is 5.57. The summed E-state index contributed by atoms with van der Waals surface area (Å²) in [5.74, 6) is -0.535. The third-order valence-corrected chi connectivity index (χ3v) is 6.59. The normalized spacial score (nSPS) is 11.5. The van der Waals surface area contributed by atoms with E-state index < -0.39 is 11.8 Å². The number of nitrogens with one attached hydrogen (secondary N) is 2. The molecule has 7 nitrogen and oxygen atoms in total. The standard InChI is InChI=1S/C25H24Br2N4O3/c1-3-31(4-2)19-12-10-17(11-13-19)14-22(29-24(32)18-8-6-5-7-9-18)25(33)30-28-16-20-15-21(26)23(27)34-20/h5-16H,3-4H2,1-2H3,(H,29,32)(H,30,33)/b22-14+,28-16-. The van der Waals surface area contributed by atoms with E-state index in [0.29, 0.717) is 16.0 Å². The summed E-state index contributed by atoms with van der Waals surface area (Å²) in [6, 6.07) is 18.2. The fourth-order valence-corrected chi connectivity index (χ4v) is 3.73. The number of anilines is 1. The zero-order valence-corrected chi connectivity index (χ0v) is 21.9. The van der Waals surface area contributed by atoms with Gasteiger partial charge in [-0.1, -0.05) is 30.3 Å². The Balaban J connectivity index is 1.82. The zero-order valence-electron chi connectivity index (χ0n) is 18.7. The van der Waals surface area contributed by atoms with Gasteiger partial charge < -0.3 is 14.6 Å². The second-order valence-corrected chi connectivity index (χ2v) is 8.69. The highest BCUT2D eigenvalue weighted by molar-refractivity contribution is 9.13. The number of hydrazone groups is 1. The molecule has 0 fully saturated rings. The summed E-state index contributed by atoms with van der Waals surface area (Å²) >= 11 is 6.57. The van der Waals surface area contributed by atoms with Crippen molar-refractivity contribution in [3.05, 3.63) is 92.4 Å². The first-order chi connectivity index (χ1) is 16.4. The zero-order chi connectivity index (χ0) is 24.5. The van der Waals surface area contributed by atoms with E-state index in [1.54, 1.807) is 36.4 Å². The lowest BCUT2D eigenvalue weighted by Crippen LogP contribution is -2.32. The van der Waals surface area contributed by atoms with Crippen molar-refractivity contribution >= 4 is 61.7 Å². The van der Waals surface area contributed by atoms with Gasteiger partial charge in [-0.2, -0.15) is 5.10 Å². The van der Waals surface area contributed by atoms with Crippen LogP contribution in [-0.2, 0) is 4.79 Å². The van der Waals surface area contributed by atoms with Gasteiger partial charge in [-0.3, -0.25) is 9.59 Å². The Morgan fingerprint density at radius 2 is 1.71 bits per heavy atom. The molecular weight excluding hydrogens is 564 g/mol. The van der Waals surface area contributed by atoms with Gasteiger partial charge in [0.05, 0.1) is 10.7 Å². The molecule has 176 valence electrons. The van der Waals surface area contributed by atoms with Crippen LogP contribution in [0.5, 0.6) is 0 Å². The molecule has 1 aromatic heterocycles. The Bertz CT molecular complexity index is 1170. The fraction of sp³-hybridized carbons (Fsp3) is 0.160. The van der Waals surface area contributed by atoms with Crippen LogP contribution in [0.1, 0.15) is 35.5 Å². The summed E-state index contributed by atoms with van der Waals surface area (Å²) in [6.07, 6.45) is 2.97. The van der Waals surface area contributed by atoms with E-state index in [1.165, 1.54) is 6.21 Å².